The monoisotopic (exact) mass is 277 g/mol. The third-order valence-corrected chi connectivity index (χ3v) is 3.92. The van der Waals surface area contributed by atoms with Crippen LogP contribution in [0, 0.1) is 0 Å². The highest BCUT2D eigenvalue weighted by Crippen LogP contribution is 2.25. The molecule has 1 aromatic carbocycles. The van der Waals surface area contributed by atoms with Crippen molar-refractivity contribution in [2.45, 2.75) is 52.4 Å². The molecule has 1 aromatic rings. The minimum Gasteiger partial charge on any atom is -0.352 e. The Morgan fingerprint density at radius 2 is 1.80 bits per heavy atom. The van der Waals surface area contributed by atoms with E-state index in [1.165, 1.54) is 36.0 Å². The van der Waals surface area contributed by atoms with Crippen LogP contribution in [0.4, 0.5) is 0 Å². The van der Waals surface area contributed by atoms with Crippen LogP contribution in [0.5, 0.6) is 0 Å². The summed E-state index contributed by atoms with van der Waals surface area (Å²) in [6, 6.07) is 7.22. The zero-order valence-electron chi connectivity index (χ0n) is 12.9. The number of ether oxygens (including phenoxy) is 2. The molecule has 0 amide bonds. The predicted molar refractivity (Wildman–Crippen MR) is 81.9 cm³/mol. The molecule has 0 aliphatic heterocycles. The van der Waals surface area contributed by atoms with Crippen LogP contribution in [-0.4, -0.2) is 26.0 Å². The molecule has 0 saturated carbocycles. The Kier molecular flexibility index (Phi) is 6.02. The maximum absolute atomic E-state index is 5.56. The molecule has 1 atom stereocenters. The molecule has 20 heavy (non-hydrogen) atoms. The minimum absolute atomic E-state index is 0.151. The third-order valence-electron chi connectivity index (χ3n) is 3.92. The van der Waals surface area contributed by atoms with Gasteiger partial charge in [-0.2, -0.15) is 0 Å². The lowest BCUT2D eigenvalue weighted by Gasteiger charge is -2.21. The smallest absolute Gasteiger partial charge is 0.169 e. The summed E-state index contributed by atoms with van der Waals surface area (Å²) in [5.41, 5.74) is 4.42. The van der Waals surface area contributed by atoms with Gasteiger partial charge in [-0.3, -0.25) is 0 Å². The van der Waals surface area contributed by atoms with Crippen molar-refractivity contribution < 1.29 is 9.47 Å². The first-order chi connectivity index (χ1) is 9.74. The molecule has 0 aromatic heterocycles. The van der Waals surface area contributed by atoms with E-state index in [1.54, 1.807) is 0 Å². The molecule has 1 aliphatic carbocycles. The van der Waals surface area contributed by atoms with Crippen molar-refractivity contribution in [3.63, 3.8) is 0 Å². The molecule has 3 heteroatoms. The summed E-state index contributed by atoms with van der Waals surface area (Å²) in [5.74, 6) is 0. The zero-order chi connectivity index (χ0) is 14.4. The summed E-state index contributed by atoms with van der Waals surface area (Å²) in [6.07, 6.45) is 3.63. The maximum Gasteiger partial charge on any atom is 0.169 e. The van der Waals surface area contributed by atoms with E-state index in [4.69, 9.17) is 9.47 Å². The van der Waals surface area contributed by atoms with Crippen LogP contribution < -0.4 is 5.32 Å². The second-order valence-electron chi connectivity index (χ2n) is 5.35. The van der Waals surface area contributed by atoms with Gasteiger partial charge in [0.2, 0.25) is 0 Å². The first-order valence-electron chi connectivity index (χ1n) is 7.82. The van der Waals surface area contributed by atoms with Crippen LogP contribution >= 0.6 is 0 Å². The third kappa shape index (κ3) is 4.05. The first kappa shape index (κ1) is 15.5. The predicted octanol–water partition coefficient (Wildman–Crippen LogP) is 3.23. The summed E-state index contributed by atoms with van der Waals surface area (Å²) in [6.45, 7) is 8.27. The van der Waals surface area contributed by atoms with Crippen LogP contribution in [0.3, 0.4) is 0 Å². The average Bonchev–Trinajstić information content (AvgIpc) is 2.92. The summed E-state index contributed by atoms with van der Waals surface area (Å²) in [7, 11) is 0. The van der Waals surface area contributed by atoms with Gasteiger partial charge in [-0.1, -0.05) is 18.2 Å². The zero-order valence-corrected chi connectivity index (χ0v) is 12.9. The number of benzene rings is 1. The van der Waals surface area contributed by atoms with Gasteiger partial charge in [0.05, 0.1) is 0 Å². The molecule has 1 N–H and O–H groups in total. The molecule has 2 rings (SSSR count). The second kappa shape index (κ2) is 7.77. The molecule has 1 aliphatic rings. The number of hydrogen-bond donors (Lipinski definition) is 1. The van der Waals surface area contributed by atoms with Crippen molar-refractivity contribution in [2.24, 2.45) is 0 Å². The maximum atomic E-state index is 5.56. The van der Waals surface area contributed by atoms with Gasteiger partial charge in [-0.25, -0.2) is 0 Å². The molecule has 0 heterocycles. The first-order valence-corrected chi connectivity index (χ1v) is 7.82. The number of fused-ring (bicyclic) bond motifs is 1. The Morgan fingerprint density at radius 3 is 2.50 bits per heavy atom. The topological polar surface area (TPSA) is 30.5 Å². The van der Waals surface area contributed by atoms with Gasteiger partial charge in [-0.05, 0) is 56.7 Å². The number of hydrogen-bond acceptors (Lipinski definition) is 3. The Morgan fingerprint density at radius 1 is 1.10 bits per heavy atom. The summed E-state index contributed by atoms with van der Waals surface area (Å²) in [4.78, 5) is 0. The largest absolute Gasteiger partial charge is 0.352 e. The fourth-order valence-corrected chi connectivity index (χ4v) is 2.79. The van der Waals surface area contributed by atoms with Gasteiger partial charge in [0, 0.05) is 25.8 Å². The standard InChI is InChI=1S/C17H27NO2/c1-4-19-17(20-5-2)12-18-13(3)15-10-9-14-7-6-8-16(14)11-15/h9-11,13,17-18H,4-8,12H2,1-3H3. The summed E-state index contributed by atoms with van der Waals surface area (Å²) >= 11 is 0. The van der Waals surface area contributed by atoms with E-state index in [9.17, 15) is 0 Å². The normalized spacial score (nSPS) is 15.6. The molecule has 112 valence electrons. The van der Waals surface area contributed by atoms with Crippen LogP contribution in [0.1, 0.15) is 49.9 Å². The van der Waals surface area contributed by atoms with E-state index in [1.807, 2.05) is 13.8 Å². The van der Waals surface area contributed by atoms with E-state index in [-0.39, 0.29) is 6.29 Å². The molecule has 0 bridgehead atoms. The van der Waals surface area contributed by atoms with Crippen molar-refractivity contribution in [1.82, 2.24) is 5.32 Å². The van der Waals surface area contributed by atoms with E-state index in [0.29, 0.717) is 19.3 Å². The van der Waals surface area contributed by atoms with Crippen molar-refractivity contribution in [1.29, 1.82) is 0 Å². The summed E-state index contributed by atoms with van der Waals surface area (Å²) < 4.78 is 11.1. The van der Waals surface area contributed by atoms with Crippen LogP contribution in [0.15, 0.2) is 18.2 Å². The van der Waals surface area contributed by atoms with Crippen molar-refractivity contribution in [3.05, 3.63) is 34.9 Å². The number of nitrogens with one attached hydrogen (secondary N) is 1. The fourth-order valence-electron chi connectivity index (χ4n) is 2.79. The minimum atomic E-state index is -0.151. The molecular weight excluding hydrogens is 250 g/mol. The van der Waals surface area contributed by atoms with E-state index in [2.05, 4.69) is 30.4 Å². The average molecular weight is 277 g/mol. The van der Waals surface area contributed by atoms with Gasteiger partial charge in [0.25, 0.3) is 0 Å². The van der Waals surface area contributed by atoms with Gasteiger partial charge < -0.3 is 14.8 Å². The molecule has 0 saturated heterocycles. The van der Waals surface area contributed by atoms with Crippen molar-refractivity contribution in [2.75, 3.05) is 19.8 Å². The number of aryl methyl sites for hydroxylation is 2. The van der Waals surface area contributed by atoms with Crippen LogP contribution in [0.2, 0.25) is 0 Å². The molecule has 3 nitrogen and oxygen atoms in total. The van der Waals surface area contributed by atoms with E-state index in [0.717, 1.165) is 6.54 Å². The van der Waals surface area contributed by atoms with E-state index < -0.39 is 0 Å². The van der Waals surface area contributed by atoms with E-state index >= 15 is 0 Å². The molecule has 1 unspecified atom stereocenters. The Labute approximate surface area is 122 Å². The Balaban J connectivity index is 1.89. The van der Waals surface area contributed by atoms with Gasteiger partial charge >= 0.3 is 0 Å². The molecule has 0 fully saturated rings. The molecule has 0 spiro atoms. The molecular formula is C17H27NO2. The highest BCUT2D eigenvalue weighted by molar-refractivity contribution is 5.36. The lowest BCUT2D eigenvalue weighted by Crippen LogP contribution is -2.33. The van der Waals surface area contributed by atoms with Crippen molar-refractivity contribution in [3.8, 4) is 0 Å². The van der Waals surface area contributed by atoms with Crippen LogP contribution in [0.25, 0.3) is 0 Å². The summed E-state index contributed by atoms with van der Waals surface area (Å²) in [5, 5.41) is 3.51. The van der Waals surface area contributed by atoms with Crippen LogP contribution in [-0.2, 0) is 22.3 Å². The SMILES string of the molecule is CCOC(CNC(C)c1ccc2c(c1)CCC2)OCC. The highest BCUT2D eigenvalue weighted by atomic mass is 16.7. The number of rotatable bonds is 8. The fraction of sp³-hybridized carbons (Fsp3) is 0.647. The van der Waals surface area contributed by atoms with Gasteiger partial charge in [0.1, 0.15) is 0 Å². The lowest BCUT2D eigenvalue weighted by atomic mass is 10.0. The quantitative estimate of drug-likeness (QED) is 0.740. The second-order valence-corrected chi connectivity index (χ2v) is 5.35. The molecule has 0 radical (unpaired) electrons. The Hall–Kier alpha value is -0.900. The van der Waals surface area contributed by atoms with Crippen molar-refractivity contribution >= 4 is 0 Å². The lowest BCUT2D eigenvalue weighted by molar-refractivity contribution is -0.133. The Bertz CT molecular complexity index is 413. The van der Waals surface area contributed by atoms with Gasteiger partial charge in [-0.15, -0.1) is 0 Å². The van der Waals surface area contributed by atoms with Gasteiger partial charge in [0.15, 0.2) is 6.29 Å². The highest BCUT2D eigenvalue weighted by Gasteiger charge is 2.15.